The molecule has 0 aromatic heterocycles. The standard InChI is InChI=1S/C23H29N3O2.ClH/c24-18-8-10-19(11-9-18)25-22(27)17-12-14-26(15-13-17)23(28)21-7-3-5-16-4-1-2-6-20(16)21;/h1-7,17-19H,8-15,24H2,(H,25,27);1H. The van der Waals surface area contributed by atoms with Crippen molar-refractivity contribution in [3.63, 3.8) is 0 Å². The number of nitrogens with two attached hydrogens (primary N) is 1. The van der Waals surface area contributed by atoms with Gasteiger partial charge in [0.15, 0.2) is 0 Å². The highest BCUT2D eigenvalue weighted by Gasteiger charge is 2.30. The molecule has 3 N–H and O–H groups in total. The molecule has 1 aliphatic heterocycles. The van der Waals surface area contributed by atoms with Crippen molar-refractivity contribution < 1.29 is 9.59 Å². The second-order valence-electron chi connectivity index (χ2n) is 8.21. The Balaban J connectivity index is 0.00000240. The van der Waals surface area contributed by atoms with Gasteiger partial charge in [0, 0.05) is 36.7 Å². The third-order valence-corrected chi connectivity index (χ3v) is 6.29. The molecule has 2 aliphatic rings. The molecule has 0 spiro atoms. The van der Waals surface area contributed by atoms with Gasteiger partial charge in [-0.1, -0.05) is 36.4 Å². The van der Waals surface area contributed by atoms with Crippen LogP contribution in [0.25, 0.3) is 10.8 Å². The van der Waals surface area contributed by atoms with Crippen LogP contribution in [-0.4, -0.2) is 41.9 Å². The van der Waals surface area contributed by atoms with Gasteiger partial charge in [-0.05, 0) is 55.4 Å². The Labute approximate surface area is 178 Å². The summed E-state index contributed by atoms with van der Waals surface area (Å²) in [5.74, 6) is 0.224. The Hall–Kier alpha value is -2.11. The molecule has 1 heterocycles. The zero-order valence-electron chi connectivity index (χ0n) is 16.7. The first-order chi connectivity index (χ1) is 13.6. The number of carbonyl (C=O) groups excluding carboxylic acids is 2. The molecule has 0 atom stereocenters. The number of nitrogens with one attached hydrogen (secondary N) is 1. The van der Waals surface area contributed by atoms with Gasteiger partial charge >= 0.3 is 0 Å². The van der Waals surface area contributed by atoms with Crippen LogP contribution in [0.1, 0.15) is 48.9 Å². The zero-order valence-corrected chi connectivity index (χ0v) is 17.5. The first-order valence-corrected chi connectivity index (χ1v) is 10.4. The lowest BCUT2D eigenvalue weighted by Gasteiger charge is -2.33. The molecule has 6 heteroatoms. The van der Waals surface area contributed by atoms with Crippen LogP contribution in [0.15, 0.2) is 42.5 Å². The lowest BCUT2D eigenvalue weighted by molar-refractivity contribution is -0.127. The molecule has 4 rings (SSSR count). The highest BCUT2D eigenvalue weighted by Crippen LogP contribution is 2.24. The predicted molar refractivity (Wildman–Crippen MR) is 118 cm³/mol. The maximum Gasteiger partial charge on any atom is 0.254 e. The summed E-state index contributed by atoms with van der Waals surface area (Å²) >= 11 is 0. The van der Waals surface area contributed by atoms with E-state index < -0.39 is 0 Å². The zero-order chi connectivity index (χ0) is 19.5. The molecular weight excluding hydrogens is 386 g/mol. The van der Waals surface area contributed by atoms with E-state index in [2.05, 4.69) is 5.32 Å². The highest BCUT2D eigenvalue weighted by molar-refractivity contribution is 6.07. The molecule has 29 heavy (non-hydrogen) atoms. The van der Waals surface area contributed by atoms with Crippen LogP contribution in [0, 0.1) is 5.92 Å². The minimum atomic E-state index is 0. The Kier molecular flexibility index (Phi) is 7.14. The van der Waals surface area contributed by atoms with Crippen molar-refractivity contribution in [2.45, 2.75) is 50.6 Å². The topological polar surface area (TPSA) is 75.4 Å². The van der Waals surface area contributed by atoms with Crippen LogP contribution in [0.4, 0.5) is 0 Å². The number of piperidine rings is 1. The largest absolute Gasteiger partial charge is 0.353 e. The number of nitrogens with zero attached hydrogens (tertiary/aromatic N) is 1. The van der Waals surface area contributed by atoms with Crippen molar-refractivity contribution in [3.8, 4) is 0 Å². The summed E-state index contributed by atoms with van der Waals surface area (Å²) in [4.78, 5) is 27.6. The van der Waals surface area contributed by atoms with E-state index in [0.29, 0.717) is 13.1 Å². The van der Waals surface area contributed by atoms with E-state index in [-0.39, 0.29) is 42.2 Å². The first-order valence-electron chi connectivity index (χ1n) is 10.4. The summed E-state index contributed by atoms with van der Waals surface area (Å²) in [7, 11) is 0. The van der Waals surface area contributed by atoms with Crippen LogP contribution in [0.2, 0.25) is 0 Å². The van der Waals surface area contributed by atoms with E-state index >= 15 is 0 Å². The fourth-order valence-electron chi connectivity index (χ4n) is 4.51. The Morgan fingerprint density at radius 1 is 0.897 bits per heavy atom. The molecule has 0 radical (unpaired) electrons. The van der Waals surface area contributed by atoms with Crippen molar-refractivity contribution in [2.24, 2.45) is 11.7 Å². The molecule has 1 saturated carbocycles. The van der Waals surface area contributed by atoms with Gasteiger partial charge in [0.05, 0.1) is 0 Å². The van der Waals surface area contributed by atoms with Crippen LogP contribution < -0.4 is 11.1 Å². The summed E-state index contributed by atoms with van der Waals surface area (Å²) in [6.45, 7) is 1.27. The van der Waals surface area contributed by atoms with Crippen molar-refractivity contribution >= 4 is 35.0 Å². The van der Waals surface area contributed by atoms with Gasteiger partial charge in [-0.15, -0.1) is 12.4 Å². The molecule has 5 nitrogen and oxygen atoms in total. The van der Waals surface area contributed by atoms with Crippen molar-refractivity contribution in [3.05, 3.63) is 48.0 Å². The third-order valence-electron chi connectivity index (χ3n) is 6.29. The van der Waals surface area contributed by atoms with Gasteiger partial charge in [0.2, 0.25) is 5.91 Å². The minimum absolute atomic E-state index is 0. The predicted octanol–water partition coefficient (Wildman–Crippen LogP) is 3.50. The number of hydrogen-bond donors (Lipinski definition) is 2. The second-order valence-corrected chi connectivity index (χ2v) is 8.21. The quantitative estimate of drug-likeness (QED) is 0.805. The van der Waals surface area contributed by atoms with E-state index in [0.717, 1.165) is 54.9 Å². The number of halogens is 1. The normalized spacial score (nSPS) is 22.7. The summed E-state index contributed by atoms with van der Waals surface area (Å²) in [5, 5.41) is 5.28. The molecule has 2 aromatic carbocycles. The monoisotopic (exact) mass is 415 g/mol. The fourth-order valence-corrected chi connectivity index (χ4v) is 4.51. The molecule has 2 aromatic rings. The van der Waals surface area contributed by atoms with Crippen LogP contribution in [0.3, 0.4) is 0 Å². The van der Waals surface area contributed by atoms with E-state index in [1.165, 1.54) is 0 Å². The first kappa shape index (κ1) is 21.6. The lowest BCUT2D eigenvalue weighted by Crippen LogP contribution is -2.46. The van der Waals surface area contributed by atoms with E-state index in [9.17, 15) is 9.59 Å². The molecule has 2 fully saturated rings. The van der Waals surface area contributed by atoms with Crippen LogP contribution >= 0.6 is 12.4 Å². The smallest absolute Gasteiger partial charge is 0.254 e. The summed E-state index contributed by atoms with van der Waals surface area (Å²) < 4.78 is 0. The highest BCUT2D eigenvalue weighted by atomic mass is 35.5. The Morgan fingerprint density at radius 3 is 2.28 bits per heavy atom. The molecule has 0 unspecified atom stereocenters. The van der Waals surface area contributed by atoms with Crippen LogP contribution in [-0.2, 0) is 4.79 Å². The van der Waals surface area contributed by atoms with Gasteiger partial charge in [-0.3, -0.25) is 9.59 Å². The third kappa shape index (κ3) is 4.90. The maximum absolute atomic E-state index is 13.1. The maximum atomic E-state index is 13.1. The van der Waals surface area contributed by atoms with Crippen molar-refractivity contribution in [1.29, 1.82) is 0 Å². The van der Waals surface area contributed by atoms with Crippen molar-refractivity contribution in [1.82, 2.24) is 10.2 Å². The molecule has 0 bridgehead atoms. The molecular formula is C23H30ClN3O2. The molecule has 156 valence electrons. The van der Waals surface area contributed by atoms with Gasteiger partial charge in [-0.2, -0.15) is 0 Å². The van der Waals surface area contributed by atoms with Gasteiger partial charge in [0.25, 0.3) is 5.91 Å². The summed E-state index contributed by atoms with van der Waals surface area (Å²) in [6.07, 6.45) is 5.39. The average Bonchev–Trinajstić information content (AvgIpc) is 2.74. The summed E-state index contributed by atoms with van der Waals surface area (Å²) in [5.41, 5.74) is 6.70. The van der Waals surface area contributed by atoms with Crippen LogP contribution in [0.5, 0.6) is 0 Å². The van der Waals surface area contributed by atoms with Crippen molar-refractivity contribution in [2.75, 3.05) is 13.1 Å². The number of benzene rings is 2. The van der Waals surface area contributed by atoms with E-state index in [1.54, 1.807) is 0 Å². The fraction of sp³-hybridized carbons (Fsp3) is 0.478. The Bertz CT molecular complexity index is 851. The van der Waals surface area contributed by atoms with Gasteiger partial charge in [0.1, 0.15) is 0 Å². The number of amides is 2. The van der Waals surface area contributed by atoms with E-state index in [4.69, 9.17) is 5.73 Å². The lowest BCUT2D eigenvalue weighted by atomic mass is 9.90. The number of likely N-dealkylation sites (tertiary alicyclic amines) is 1. The van der Waals surface area contributed by atoms with Gasteiger partial charge in [-0.25, -0.2) is 0 Å². The number of hydrogen-bond acceptors (Lipinski definition) is 3. The number of fused-ring (bicyclic) bond motifs is 1. The SMILES string of the molecule is Cl.NC1CCC(NC(=O)C2CCN(C(=O)c3cccc4ccccc34)CC2)CC1. The molecule has 1 saturated heterocycles. The summed E-state index contributed by atoms with van der Waals surface area (Å²) in [6, 6.07) is 14.4. The second kappa shape index (κ2) is 9.59. The number of carbonyl (C=O) groups is 2. The number of rotatable bonds is 3. The Morgan fingerprint density at radius 2 is 1.55 bits per heavy atom. The van der Waals surface area contributed by atoms with E-state index in [1.807, 2.05) is 47.4 Å². The molecule has 2 amide bonds. The molecule has 1 aliphatic carbocycles. The minimum Gasteiger partial charge on any atom is -0.353 e. The average molecular weight is 416 g/mol. The van der Waals surface area contributed by atoms with Gasteiger partial charge < -0.3 is 16.0 Å².